The fourth-order valence-electron chi connectivity index (χ4n) is 1.10. The summed E-state index contributed by atoms with van der Waals surface area (Å²) >= 11 is 0. The molecule has 0 aliphatic carbocycles. The second-order valence-corrected chi connectivity index (χ2v) is 4.73. The van der Waals surface area contributed by atoms with Crippen LogP contribution < -0.4 is 0 Å². The summed E-state index contributed by atoms with van der Waals surface area (Å²) in [5.41, 5.74) is 0.455. The van der Waals surface area contributed by atoms with Crippen LogP contribution in [0.15, 0.2) is 24.3 Å². The second-order valence-electron chi connectivity index (χ2n) is 4.73. The van der Waals surface area contributed by atoms with Crippen molar-refractivity contribution >= 4 is 24.2 Å². The number of hydrogen-bond acceptors (Lipinski definition) is 10. The number of rotatable bonds is 11. The highest BCUT2D eigenvalue weighted by atomic mass is 16.8. The summed E-state index contributed by atoms with van der Waals surface area (Å²) in [6.07, 6.45) is -2.03. The molecule has 0 aromatic rings. The van der Waals surface area contributed by atoms with Crippen molar-refractivity contribution in [3.05, 3.63) is 24.3 Å². The molecule has 0 bridgehead atoms. The van der Waals surface area contributed by atoms with Gasteiger partial charge in [-0.25, -0.2) is 19.2 Å². The van der Waals surface area contributed by atoms with Crippen molar-refractivity contribution in [2.24, 2.45) is 0 Å². The number of ether oxygens (including phenoxy) is 6. The van der Waals surface area contributed by atoms with Gasteiger partial charge in [0.05, 0.1) is 0 Å². The highest BCUT2D eigenvalue weighted by Crippen LogP contribution is 1.94. The molecule has 0 unspecified atom stereocenters. The molecule has 10 nitrogen and oxygen atoms in total. The van der Waals surface area contributed by atoms with Crippen molar-refractivity contribution in [3.63, 3.8) is 0 Å². The molecule has 10 heteroatoms. The van der Waals surface area contributed by atoms with Crippen molar-refractivity contribution in [1.29, 1.82) is 0 Å². The molecule has 0 N–H and O–H groups in total. The molecule has 0 rings (SSSR count). The average molecular weight is 374 g/mol. The quantitative estimate of drug-likeness (QED) is 0.227. The standard InChI is InChI=1S/C16H22O10/c1-11(2)13(17)21-5-7-23-15(19)25-9-10-26-16(20)24-8-6-22-14(18)12(3)4/h1,3,5-10H2,2,4H3. The van der Waals surface area contributed by atoms with Gasteiger partial charge in [0.1, 0.15) is 39.6 Å². The van der Waals surface area contributed by atoms with Crippen molar-refractivity contribution in [3.8, 4) is 0 Å². The smallest absolute Gasteiger partial charge is 0.459 e. The Balaban J connectivity index is 3.57. The highest BCUT2D eigenvalue weighted by molar-refractivity contribution is 5.87. The molecule has 146 valence electrons. The SMILES string of the molecule is C=C(C)C(=O)OCCOC(=O)OCCOC(=O)OCCOC(=O)C(=C)C. The van der Waals surface area contributed by atoms with E-state index in [-0.39, 0.29) is 50.8 Å². The molecule has 0 aromatic heterocycles. The third kappa shape index (κ3) is 12.4. The van der Waals surface area contributed by atoms with Gasteiger partial charge in [0.25, 0.3) is 0 Å². The summed E-state index contributed by atoms with van der Waals surface area (Å²) in [6.45, 7) is 8.56. The Bertz CT molecular complexity index is 489. The lowest BCUT2D eigenvalue weighted by Gasteiger charge is -2.08. The first-order valence-electron chi connectivity index (χ1n) is 7.48. The van der Waals surface area contributed by atoms with E-state index in [9.17, 15) is 19.2 Å². The molecule has 0 saturated heterocycles. The number of carbonyl (C=O) groups is 4. The molecule has 0 aromatic carbocycles. The summed E-state index contributed by atoms with van der Waals surface area (Å²) in [4.78, 5) is 44.4. The van der Waals surface area contributed by atoms with Crippen LogP contribution in [0.2, 0.25) is 0 Å². The van der Waals surface area contributed by atoms with Crippen LogP contribution in [0.3, 0.4) is 0 Å². The van der Waals surface area contributed by atoms with Gasteiger partial charge in [-0.15, -0.1) is 0 Å². The fourth-order valence-corrected chi connectivity index (χ4v) is 1.10. The molecule has 0 spiro atoms. The van der Waals surface area contributed by atoms with E-state index >= 15 is 0 Å². The van der Waals surface area contributed by atoms with Gasteiger partial charge in [-0.3, -0.25) is 0 Å². The molecular weight excluding hydrogens is 352 g/mol. The third-order valence-electron chi connectivity index (χ3n) is 2.29. The minimum atomic E-state index is -1.01. The summed E-state index contributed by atoms with van der Waals surface area (Å²) in [5, 5.41) is 0. The lowest BCUT2D eigenvalue weighted by Crippen LogP contribution is -2.19. The molecule has 0 amide bonds. The van der Waals surface area contributed by atoms with E-state index in [4.69, 9.17) is 9.47 Å². The van der Waals surface area contributed by atoms with Gasteiger partial charge in [0, 0.05) is 11.1 Å². The molecule has 0 fully saturated rings. The van der Waals surface area contributed by atoms with E-state index in [1.54, 1.807) is 0 Å². The fraction of sp³-hybridized carbons (Fsp3) is 0.500. The number of esters is 2. The molecule has 0 atom stereocenters. The highest BCUT2D eigenvalue weighted by Gasteiger charge is 2.09. The Morgan fingerprint density at radius 1 is 0.538 bits per heavy atom. The van der Waals surface area contributed by atoms with Crippen LogP contribution >= 0.6 is 0 Å². The van der Waals surface area contributed by atoms with E-state index < -0.39 is 24.2 Å². The van der Waals surface area contributed by atoms with E-state index in [0.717, 1.165) is 0 Å². The third-order valence-corrected chi connectivity index (χ3v) is 2.29. The van der Waals surface area contributed by atoms with Crippen LogP contribution in [0.25, 0.3) is 0 Å². The van der Waals surface area contributed by atoms with Gasteiger partial charge in [-0.05, 0) is 13.8 Å². The summed E-state index contributed by atoms with van der Waals surface area (Å²) in [7, 11) is 0. The van der Waals surface area contributed by atoms with Crippen LogP contribution in [-0.4, -0.2) is 63.9 Å². The van der Waals surface area contributed by atoms with E-state index in [0.29, 0.717) is 0 Å². The zero-order chi connectivity index (χ0) is 19.9. The molecule has 0 aliphatic heterocycles. The number of hydrogen-bond donors (Lipinski definition) is 0. The van der Waals surface area contributed by atoms with Crippen LogP contribution in [-0.2, 0) is 38.0 Å². The maximum atomic E-state index is 11.2. The van der Waals surface area contributed by atoms with E-state index in [1.807, 2.05) is 0 Å². The Labute approximate surface area is 150 Å². The van der Waals surface area contributed by atoms with Gasteiger partial charge in [-0.2, -0.15) is 0 Å². The van der Waals surface area contributed by atoms with Crippen molar-refractivity contribution < 1.29 is 47.6 Å². The Morgan fingerprint density at radius 2 is 0.769 bits per heavy atom. The lowest BCUT2D eigenvalue weighted by molar-refractivity contribution is -0.141. The normalized spacial score (nSPS) is 9.46. The maximum absolute atomic E-state index is 11.2. The Hall–Kier alpha value is -3.04. The largest absolute Gasteiger partial charge is 0.508 e. The van der Waals surface area contributed by atoms with Gasteiger partial charge in [0.2, 0.25) is 0 Å². The predicted molar refractivity (Wildman–Crippen MR) is 86.1 cm³/mol. The predicted octanol–water partition coefficient (Wildman–Crippen LogP) is 1.53. The molecule has 0 saturated carbocycles. The minimum Gasteiger partial charge on any atom is -0.459 e. The first-order chi connectivity index (χ1) is 12.2. The van der Waals surface area contributed by atoms with Crippen molar-refractivity contribution in [2.75, 3.05) is 39.6 Å². The van der Waals surface area contributed by atoms with Gasteiger partial charge < -0.3 is 28.4 Å². The van der Waals surface area contributed by atoms with Gasteiger partial charge in [0.15, 0.2) is 0 Å². The lowest BCUT2D eigenvalue weighted by atomic mass is 10.4. The zero-order valence-corrected chi connectivity index (χ0v) is 14.7. The van der Waals surface area contributed by atoms with Crippen LogP contribution in [0.4, 0.5) is 9.59 Å². The van der Waals surface area contributed by atoms with Crippen LogP contribution in [0, 0.1) is 0 Å². The Morgan fingerprint density at radius 3 is 1.00 bits per heavy atom. The molecule has 0 aliphatic rings. The van der Waals surface area contributed by atoms with Crippen LogP contribution in [0.5, 0.6) is 0 Å². The second kappa shape index (κ2) is 13.3. The zero-order valence-electron chi connectivity index (χ0n) is 14.7. The topological polar surface area (TPSA) is 124 Å². The minimum absolute atomic E-state index is 0.139. The van der Waals surface area contributed by atoms with Gasteiger partial charge >= 0.3 is 24.2 Å². The molecule has 26 heavy (non-hydrogen) atoms. The summed E-state index contributed by atoms with van der Waals surface area (Å²) < 4.78 is 27.8. The summed E-state index contributed by atoms with van der Waals surface area (Å²) in [6, 6.07) is 0. The average Bonchev–Trinajstić information content (AvgIpc) is 2.58. The van der Waals surface area contributed by atoms with E-state index in [1.165, 1.54) is 13.8 Å². The van der Waals surface area contributed by atoms with Crippen molar-refractivity contribution in [1.82, 2.24) is 0 Å². The molecular formula is C16H22O10. The maximum Gasteiger partial charge on any atom is 0.508 e. The summed E-state index contributed by atoms with van der Waals surface area (Å²) in [5.74, 6) is -1.19. The van der Waals surface area contributed by atoms with Crippen LogP contribution in [0.1, 0.15) is 13.8 Å². The van der Waals surface area contributed by atoms with Crippen molar-refractivity contribution in [2.45, 2.75) is 13.8 Å². The van der Waals surface area contributed by atoms with E-state index in [2.05, 4.69) is 32.1 Å². The number of carbonyl (C=O) groups excluding carboxylic acids is 4. The molecule has 0 heterocycles. The Kier molecular flexibility index (Phi) is 11.7. The first kappa shape index (κ1) is 23.0. The first-order valence-corrected chi connectivity index (χ1v) is 7.48. The monoisotopic (exact) mass is 374 g/mol. The van der Waals surface area contributed by atoms with Gasteiger partial charge in [-0.1, -0.05) is 13.2 Å². The molecule has 0 radical (unpaired) electrons.